The molecule has 0 atom stereocenters. The van der Waals surface area contributed by atoms with Gasteiger partial charge in [-0.2, -0.15) is 0 Å². The number of pyridine rings is 3. The minimum atomic E-state index is -0.0724. The fourth-order valence-electron chi connectivity index (χ4n) is 4.14. The van der Waals surface area contributed by atoms with Gasteiger partial charge in [0.15, 0.2) is 0 Å². The first-order valence-corrected chi connectivity index (χ1v) is 12.6. The van der Waals surface area contributed by atoms with Crippen LogP contribution in [-0.2, 0) is 4.79 Å². The molecule has 6 heterocycles. The van der Waals surface area contributed by atoms with Crippen LogP contribution >= 0.6 is 11.3 Å². The highest BCUT2D eigenvalue weighted by Gasteiger charge is 2.20. The summed E-state index contributed by atoms with van der Waals surface area (Å²) in [7, 11) is 0. The normalized spacial score (nSPS) is 12.3. The molecule has 0 aliphatic carbocycles. The molecule has 3 N–H and O–H groups in total. The number of hydrogen-bond acceptors (Lipinski definition) is 9. The van der Waals surface area contributed by atoms with Crippen molar-refractivity contribution in [2.24, 2.45) is 0 Å². The highest BCUT2D eigenvalue weighted by Crippen LogP contribution is 2.40. The van der Waals surface area contributed by atoms with Crippen LogP contribution in [0.3, 0.4) is 0 Å². The van der Waals surface area contributed by atoms with Gasteiger partial charge in [-0.3, -0.25) is 19.7 Å². The zero-order valence-corrected chi connectivity index (χ0v) is 20.9. The van der Waals surface area contributed by atoms with Crippen LogP contribution in [0.5, 0.6) is 0 Å². The van der Waals surface area contributed by atoms with Gasteiger partial charge in [-0.25, -0.2) is 9.97 Å². The van der Waals surface area contributed by atoms with Crippen molar-refractivity contribution in [2.75, 3.05) is 16.0 Å². The Morgan fingerprint density at radius 3 is 2.78 bits per heavy atom. The van der Waals surface area contributed by atoms with Gasteiger partial charge in [0.25, 0.3) is 0 Å². The summed E-state index contributed by atoms with van der Waals surface area (Å²) in [6.45, 7) is 3.89. The molecule has 1 aliphatic rings. The molecule has 1 amide bonds. The van der Waals surface area contributed by atoms with Crippen molar-refractivity contribution in [3.8, 4) is 21.8 Å². The molecule has 1 aliphatic heterocycles. The van der Waals surface area contributed by atoms with Crippen LogP contribution in [0, 0.1) is 6.92 Å². The standard InChI is InChI=1S/C27H22N8OS/c1-3-24(36)34-17-8-16(10-28-11-17)20-9-18-21(12-30-20)32-14-33-25(18)22-13-31-26-19(35-22)6-7-29-27(26)23-5-4-15(2)37-23/h4-14,31,35H,3H2,1-2H3,(H,34,36). The van der Waals surface area contributed by atoms with E-state index in [9.17, 15) is 4.79 Å². The Morgan fingerprint density at radius 1 is 1.03 bits per heavy atom. The number of amides is 1. The molecule has 0 aromatic carbocycles. The number of carbonyl (C=O) groups is 1. The molecule has 6 rings (SSSR count). The molecule has 0 unspecified atom stereocenters. The Kier molecular flexibility index (Phi) is 5.78. The minimum Gasteiger partial charge on any atom is -0.356 e. The average Bonchev–Trinajstić information content (AvgIpc) is 3.37. The molecule has 182 valence electrons. The Hall–Kier alpha value is -4.70. The van der Waals surface area contributed by atoms with Gasteiger partial charge in [-0.05, 0) is 37.3 Å². The Balaban J connectivity index is 1.37. The largest absolute Gasteiger partial charge is 0.356 e. The maximum absolute atomic E-state index is 11.8. The predicted molar refractivity (Wildman–Crippen MR) is 147 cm³/mol. The summed E-state index contributed by atoms with van der Waals surface area (Å²) in [5, 5.41) is 10.6. The molecule has 0 saturated carbocycles. The zero-order valence-electron chi connectivity index (χ0n) is 20.1. The summed E-state index contributed by atoms with van der Waals surface area (Å²) in [6.07, 6.45) is 10.7. The van der Waals surface area contributed by atoms with Gasteiger partial charge < -0.3 is 16.0 Å². The van der Waals surface area contributed by atoms with E-state index >= 15 is 0 Å². The summed E-state index contributed by atoms with van der Waals surface area (Å²) < 4.78 is 0. The first-order valence-electron chi connectivity index (χ1n) is 11.7. The van der Waals surface area contributed by atoms with E-state index < -0.39 is 0 Å². The summed E-state index contributed by atoms with van der Waals surface area (Å²) in [5.74, 6) is -0.0724. The smallest absolute Gasteiger partial charge is 0.224 e. The lowest BCUT2D eigenvalue weighted by Crippen LogP contribution is -2.12. The number of carbonyl (C=O) groups excluding carboxylic acids is 1. The predicted octanol–water partition coefficient (Wildman–Crippen LogP) is 5.70. The highest BCUT2D eigenvalue weighted by atomic mass is 32.1. The van der Waals surface area contributed by atoms with Crippen LogP contribution < -0.4 is 16.0 Å². The maximum Gasteiger partial charge on any atom is 0.224 e. The van der Waals surface area contributed by atoms with E-state index in [1.165, 1.54) is 11.2 Å². The van der Waals surface area contributed by atoms with Gasteiger partial charge in [0.1, 0.15) is 12.0 Å². The van der Waals surface area contributed by atoms with Crippen molar-refractivity contribution < 1.29 is 4.79 Å². The topological polar surface area (TPSA) is 118 Å². The van der Waals surface area contributed by atoms with Crippen molar-refractivity contribution in [1.29, 1.82) is 0 Å². The molecule has 5 aromatic rings. The van der Waals surface area contributed by atoms with Crippen LogP contribution in [0.15, 0.2) is 67.6 Å². The molecular weight excluding hydrogens is 484 g/mol. The molecule has 0 radical (unpaired) electrons. The van der Waals surface area contributed by atoms with E-state index in [4.69, 9.17) is 0 Å². The zero-order chi connectivity index (χ0) is 25.4. The number of aromatic nitrogens is 5. The van der Waals surface area contributed by atoms with Crippen LogP contribution in [0.1, 0.15) is 23.9 Å². The lowest BCUT2D eigenvalue weighted by Gasteiger charge is -2.22. The first kappa shape index (κ1) is 22.7. The Labute approximate surface area is 216 Å². The van der Waals surface area contributed by atoms with Crippen LogP contribution in [0.4, 0.5) is 17.1 Å². The lowest BCUT2D eigenvalue weighted by atomic mass is 10.1. The van der Waals surface area contributed by atoms with Crippen LogP contribution in [-0.4, -0.2) is 30.8 Å². The molecule has 9 nitrogen and oxygen atoms in total. The Bertz CT molecular complexity index is 1690. The summed E-state index contributed by atoms with van der Waals surface area (Å²) in [6, 6.07) is 9.93. The SMILES string of the molecule is CCC(=O)Nc1cncc(-c2cc3c(C4=CNc5c(ccnc5-c5ccc(C)s5)N4)ncnc3cn2)c1. The molecule has 0 fully saturated rings. The summed E-state index contributed by atoms with van der Waals surface area (Å²) >= 11 is 1.71. The summed E-state index contributed by atoms with van der Waals surface area (Å²) in [5.41, 5.74) is 7.10. The van der Waals surface area contributed by atoms with E-state index in [1.54, 1.807) is 43.0 Å². The van der Waals surface area contributed by atoms with E-state index in [0.29, 0.717) is 17.8 Å². The van der Waals surface area contributed by atoms with Gasteiger partial charge in [0.05, 0.1) is 56.9 Å². The Morgan fingerprint density at radius 2 is 1.95 bits per heavy atom. The fraction of sp³-hybridized carbons (Fsp3) is 0.111. The van der Waals surface area contributed by atoms with Gasteiger partial charge in [-0.15, -0.1) is 11.3 Å². The van der Waals surface area contributed by atoms with Gasteiger partial charge >= 0.3 is 0 Å². The second kappa shape index (κ2) is 9.40. The van der Waals surface area contributed by atoms with Crippen molar-refractivity contribution in [3.63, 3.8) is 0 Å². The maximum atomic E-state index is 11.8. The van der Waals surface area contributed by atoms with E-state index in [0.717, 1.165) is 49.8 Å². The average molecular weight is 507 g/mol. The molecule has 0 spiro atoms. The second-order valence-electron chi connectivity index (χ2n) is 8.49. The number of fused-ring (bicyclic) bond motifs is 2. The van der Waals surface area contributed by atoms with E-state index in [-0.39, 0.29) is 5.91 Å². The first-order chi connectivity index (χ1) is 18.1. The number of aryl methyl sites for hydroxylation is 1. The fourth-order valence-corrected chi connectivity index (χ4v) is 5.01. The number of hydrogen-bond donors (Lipinski definition) is 3. The third kappa shape index (κ3) is 4.38. The molecule has 5 aromatic heterocycles. The lowest BCUT2D eigenvalue weighted by molar-refractivity contribution is -0.115. The number of rotatable bonds is 5. The van der Waals surface area contributed by atoms with Crippen molar-refractivity contribution in [3.05, 3.63) is 78.2 Å². The number of nitrogens with zero attached hydrogens (tertiary/aromatic N) is 5. The van der Waals surface area contributed by atoms with E-state index in [2.05, 4.69) is 59.9 Å². The van der Waals surface area contributed by atoms with Gasteiger partial charge in [0, 0.05) is 40.8 Å². The number of thiophene rings is 1. The van der Waals surface area contributed by atoms with Gasteiger partial charge in [0.2, 0.25) is 5.91 Å². The van der Waals surface area contributed by atoms with E-state index in [1.807, 2.05) is 24.4 Å². The number of nitrogens with one attached hydrogen (secondary N) is 3. The minimum absolute atomic E-state index is 0.0724. The number of anilines is 3. The second-order valence-corrected chi connectivity index (χ2v) is 9.78. The third-order valence-corrected chi connectivity index (χ3v) is 6.98. The van der Waals surface area contributed by atoms with Crippen LogP contribution in [0.25, 0.3) is 38.4 Å². The quantitative estimate of drug-likeness (QED) is 0.278. The van der Waals surface area contributed by atoms with Crippen LogP contribution in [0.2, 0.25) is 0 Å². The summed E-state index contributed by atoms with van der Waals surface area (Å²) in [4.78, 5) is 36.6. The molecule has 10 heteroatoms. The van der Waals surface area contributed by atoms with Gasteiger partial charge in [-0.1, -0.05) is 6.92 Å². The molecule has 0 bridgehead atoms. The van der Waals surface area contributed by atoms with Crippen molar-refractivity contribution in [2.45, 2.75) is 20.3 Å². The third-order valence-electron chi connectivity index (χ3n) is 5.97. The molecular formula is C27H22N8OS. The van der Waals surface area contributed by atoms with Crippen molar-refractivity contribution in [1.82, 2.24) is 24.9 Å². The monoisotopic (exact) mass is 506 g/mol. The molecule has 0 saturated heterocycles. The van der Waals surface area contributed by atoms with Crippen molar-refractivity contribution >= 4 is 50.9 Å². The highest BCUT2D eigenvalue weighted by molar-refractivity contribution is 7.15. The molecule has 37 heavy (non-hydrogen) atoms.